The van der Waals surface area contributed by atoms with Crippen LogP contribution < -0.4 is 0 Å². The first-order chi connectivity index (χ1) is 6.20. The van der Waals surface area contributed by atoms with Crippen molar-refractivity contribution in [2.75, 3.05) is 19.6 Å². The summed E-state index contributed by atoms with van der Waals surface area (Å²) in [6.45, 7) is 7.97. The Morgan fingerprint density at radius 3 is 1.50 bits per heavy atom. The van der Waals surface area contributed by atoms with Gasteiger partial charge < -0.3 is 0 Å². The summed E-state index contributed by atoms with van der Waals surface area (Å²) in [6, 6.07) is 0. The highest BCUT2D eigenvalue weighted by Gasteiger charge is 2.30. The highest BCUT2D eigenvalue weighted by atomic mass is 19.4. The van der Waals surface area contributed by atoms with Gasteiger partial charge in [0.25, 0.3) is 0 Å². The smallest absolute Gasteiger partial charge is 0.295 e. The Morgan fingerprint density at radius 1 is 0.929 bits per heavy atom. The van der Waals surface area contributed by atoms with Crippen LogP contribution in [0.3, 0.4) is 0 Å². The molecule has 0 unspecified atom stereocenters. The van der Waals surface area contributed by atoms with Crippen molar-refractivity contribution in [3.05, 3.63) is 0 Å². The summed E-state index contributed by atoms with van der Waals surface area (Å²) >= 11 is 0. The minimum atomic E-state index is -4.08. The van der Waals surface area contributed by atoms with E-state index in [0.717, 1.165) is 0 Å². The second-order valence-corrected chi connectivity index (χ2v) is 4.60. The van der Waals surface area contributed by atoms with Gasteiger partial charge >= 0.3 is 6.18 Å². The standard InChI is InChI=1S/C10H20F3N/c1-8(2)5-14(6-9(3)4)7-10(11,12)13/h8-9H,5-7H2,1-4H3. The van der Waals surface area contributed by atoms with E-state index in [4.69, 9.17) is 0 Å². The summed E-state index contributed by atoms with van der Waals surface area (Å²) in [4.78, 5) is 1.48. The van der Waals surface area contributed by atoms with Crippen LogP contribution in [0.5, 0.6) is 0 Å². The van der Waals surface area contributed by atoms with Crippen molar-refractivity contribution >= 4 is 0 Å². The second kappa shape index (κ2) is 5.59. The lowest BCUT2D eigenvalue weighted by molar-refractivity contribution is -0.147. The summed E-state index contributed by atoms with van der Waals surface area (Å²) in [7, 11) is 0. The van der Waals surface area contributed by atoms with Crippen LogP contribution in [0.15, 0.2) is 0 Å². The fraction of sp³-hybridized carbons (Fsp3) is 1.00. The molecule has 0 amide bonds. The Kier molecular flexibility index (Phi) is 5.49. The lowest BCUT2D eigenvalue weighted by atomic mass is 10.1. The molecule has 0 bridgehead atoms. The van der Waals surface area contributed by atoms with Gasteiger partial charge in [-0.25, -0.2) is 0 Å². The third kappa shape index (κ3) is 8.35. The molecule has 0 aromatic rings. The first kappa shape index (κ1) is 13.8. The lowest BCUT2D eigenvalue weighted by Crippen LogP contribution is -2.38. The van der Waals surface area contributed by atoms with E-state index in [1.807, 2.05) is 27.7 Å². The van der Waals surface area contributed by atoms with Gasteiger partial charge in [-0.1, -0.05) is 27.7 Å². The van der Waals surface area contributed by atoms with Gasteiger partial charge in [0.15, 0.2) is 0 Å². The van der Waals surface area contributed by atoms with Crippen molar-refractivity contribution in [2.24, 2.45) is 11.8 Å². The maximum atomic E-state index is 12.2. The first-order valence-electron chi connectivity index (χ1n) is 5.00. The molecule has 0 atom stereocenters. The van der Waals surface area contributed by atoms with Crippen molar-refractivity contribution in [2.45, 2.75) is 33.9 Å². The minimum absolute atomic E-state index is 0.274. The molecule has 0 aromatic carbocycles. The molecule has 0 saturated heterocycles. The Hall–Kier alpha value is -0.250. The number of hydrogen-bond acceptors (Lipinski definition) is 1. The molecule has 0 fully saturated rings. The average molecular weight is 211 g/mol. The number of rotatable bonds is 5. The number of nitrogens with zero attached hydrogens (tertiary/aromatic N) is 1. The molecule has 4 heteroatoms. The zero-order valence-corrected chi connectivity index (χ0v) is 9.36. The predicted molar refractivity (Wildman–Crippen MR) is 52.2 cm³/mol. The molecule has 0 aliphatic heterocycles. The van der Waals surface area contributed by atoms with E-state index in [2.05, 4.69) is 0 Å². The van der Waals surface area contributed by atoms with E-state index in [1.54, 1.807) is 0 Å². The van der Waals surface area contributed by atoms with E-state index in [-0.39, 0.29) is 11.8 Å². The summed E-state index contributed by atoms with van der Waals surface area (Å²) < 4.78 is 36.5. The molecule has 0 spiro atoms. The zero-order valence-electron chi connectivity index (χ0n) is 9.36. The van der Waals surface area contributed by atoms with E-state index in [1.165, 1.54) is 4.90 Å². The van der Waals surface area contributed by atoms with Crippen LogP contribution in [-0.2, 0) is 0 Å². The van der Waals surface area contributed by atoms with Crippen molar-refractivity contribution in [1.29, 1.82) is 0 Å². The van der Waals surface area contributed by atoms with Gasteiger partial charge in [0.2, 0.25) is 0 Å². The van der Waals surface area contributed by atoms with Crippen molar-refractivity contribution < 1.29 is 13.2 Å². The van der Waals surface area contributed by atoms with Gasteiger partial charge in [0, 0.05) is 13.1 Å². The van der Waals surface area contributed by atoms with Gasteiger partial charge in [0.1, 0.15) is 0 Å². The molecule has 0 N–H and O–H groups in total. The van der Waals surface area contributed by atoms with Gasteiger partial charge in [-0.2, -0.15) is 13.2 Å². The van der Waals surface area contributed by atoms with Crippen LogP contribution in [0.1, 0.15) is 27.7 Å². The van der Waals surface area contributed by atoms with Gasteiger partial charge in [-0.3, -0.25) is 4.90 Å². The Morgan fingerprint density at radius 2 is 1.29 bits per heavy atom. The summed E-state index contributed by atoms with van der Waals surface area (Å²) in [5.74, 6) is 0.548. The van der Waals surface area contributed by atoms with E-state index < -0.39 is 12.7 Å². The van der Waals surface area contributed by atoms with Crippen LogP contribution in [-0.4, -0.2) is 30.7 Å². The van der Waals surface area contributed by atoms with Crippen molar-refractivity contribution in [3.63, 3.8) is 0 Å². The molecule has 0 radical (unpaired) electrons. The predicted octanol–water partition coefficient (Wildman–Crippen LogP) is 3.16. The maximum Gasteiger partial charge on any atom is 0.401 e. The van der Waals surface area contributed by atoms with Crippen LogP contribution in [0, 0.1) is 11.8 Å². The normalized spacial score (nSPS) is 13.3. The maximum absolute atomic E-state index is 12.2. The van der Waals surface area contributed by atoms with Crippen LogP contribution in [0.4, 0.5) is 13.2 Å². The fourth-order valence-corrected chi connectivity index (χ4v) is 1.49. The minimum Gasteiger partial charge on any atom is -0.295 e. The number of alkyl halides is 3. The van der Waals surface area contributed by atoms with Gasteiger partial charge in [-0.05, 0) is 11.8 Å². The molecule has 0 aliphatic rings. The summed E-state index contributed by atoms with van der Waals surface area (Å²) in [5.41, 5.74) is 0. The van der Waals surface area contributed by atoms with Crippen LogP contribution in [0.2, 0.25) is 0 Å². The molecule has 0 aliphatic carbocycles. The number of halogens is 3. The Labute approximate surface area is 84.3 Å². The average Bonchev–Trinajstić information content (AvgIpc) is 1.77. The third-order valence-corrected chi connectivity index (χ3v) is 1.65. The number of hydrogen-bond donors (Lipinski definition) is 0. The summed E-state index contributed by atoms with van der Waals surface area (Å²) in [5, 5.41) is 0. The topological polar surface area (TPSA) is 3.24 Å². The molecular weight excluding hydrogens is 191 g/mol. The van der Waals surface area contributed by atoms with Crippen LogP contribution >= 0.6 is 0 Å². The first-order valence-corrected chi connectivity index (χ1v) is 5.00. The third-order valence-electron chi connectivity index (χ3n) is 1.65. The molecule has 0 heterocycles. The van der Waals surface area contributed by atoms with E-state index in [0.29, 0.717) is 13.1 Å². The molecular formula is C10H20F3N. The molecule has 1 nitrogen and oxygen atoms in total. The largest absolute Gasteiger partial charge is 0.401 e. The van der Waals surface area contributed by atoms with Crippen molar-refractivity contribution in [1.82, 2.24) is 4.90 Å². The molecule has 14 heavy (non-hydrogen) atoms. The zero-order chi connectivity index (χ0) is 11.4. The Balaban J connectivity index is 4.11. The monoisotopic (exact) mass is 211 g/mol. The quantitative estimate of drug-likeness (QED) is 0.675. The van der Waals surface area contributed by atoms with Crippen molar-refractivity contribution in [3.8, 4) is 0 Å². The fourth-order valence-electron chi connectivity index (χ4n) is 1.49. The highest BCUT2D eigenvalue weighted by molar-refractivity contribution is 4.66. The van der Waals surface area contributed by atoms with Gasteiger partial charge in [-0.15, -0.1) is 0 Å². The van der Waals surface area contributed by atoms with E-state index in [9.17, 15) is 13.2 Å². The van der Waals surface area contributed by atoms with Crippen LogP contribution in [0.25, 0.3) is 0 Å². The second-order valence-electron chi connectivity index (χ2n) is 4.60. The molecule has 0 aromatic heterocycles. The highest BCUT2D eigenvalue weighted by Crippen LogP contribution is 2.18. The lowest BCUT2D eigenvalue weighted by Gasteiger charge is -2.26. The van der Waals surface area contributed by atoms with Gasteiger partial charge in [0.05, 0.1) is 6.54 Å². The van der Waals surface area contributed by atoms with E-state index >= 15 is 0 Å². The SMILES string of the molecule is CC(C)CN(CC(C)C)CC(F)(F)F. The molecule has 0 saturated carbocycles. The summed E-state index contributed by atoms with van der Waals surface area (Å²) in [6.07, 6.45) is -4.08. The molecule has 0 rings (SSSR count). The Bertz CT molecular complexity index is 142. The molecule has 86 valence electrons.